The van der Waals surface area contributed by atoms with Crippen LogP contribution in [0.15, 0.2) is 60.1 Å². The minimum atomic E-state index is -3.37. The Balaban J connectivity index is 1.77. The second kappa shape index (κ2) is 7.89. The number of para-hydroxylation sites is 1. The molecule has 1 amide bonds. The molecule has 9 heteroatoms. The number of carbonyl (C=O) groups is 2. The SMILES string of the molecule is O=C(OCC(=O)N(c1ccccc1)[C@@H]1C=CS(=O)(=O)C1)c1cccnc1Cl. The molecule has 27 heavy (non-hydrogen) atoms. The number of carbonyl (C=O) groups excluding carboxylic acids is 2. The molecular formula is C18H15ClN2O5S. The number of sulfone groups is 1. The molecule has 3 rings (SSSR count). The number of halogens is 1. The lowest BCUT2D eigenvalue weighted by atomic mass is 10.2. The number of ether oxygens (including phenoxy) is 1. The molecule has 0 bridgehead atoms. The van der Waals surface area contributed by atoms with Crippen molar-refractivity contribution in [3.05, 3.63) is 70.9 Å². The molecule has 0 spiro atoms. The van der Waals surface area contributed by atoms with E-state index in [1.165, 1.54) is 29.3 Å². The van der Waals surface area contributed by atoms with Crippen LogP contribution in [0.3, 0.4) is 0 Å². The third kappa shape index (κ3) is 4.53. The second-order valence-electron chi connectivity index (χ2n) is 5.74. The summed E-state index contributed by atoms with van der Waals surface area (Å²) < 4.78 is 28.6. The summed E-state index contributed by atoms with van der Waals surface area (Å²) in [6.07, 6.45) is 2.87. The van der Waals surface area contributed by atoms with Gasteiger partial charge in [0.1, 0.15) is 5.15 Å². The van der Waals surface area contributed by atoms with Gasteiger partial charge in [-0.1, -0.05) is 29.8 Å². The van der Waals surface area contributed by atoms with Crippen LogP contribution in [0, 0.1) is 0 Å². The van der Waals surface area contributed by atoms with Gasteiger partial charge >= 0.3 is 5.97 Å². The second-order valence-corrected chi connectivity index (χ2v) is 8.03. The summed E-state index contributed by atoms with van der Waals surface area (Å²) in [5, 5.41) is 1.06. The molecule has 140 valence electrons. The highest BCUT2D eigenvalue weighted by Gasteiger charge is 2.32. The highest BCUT2D eigenvalue weighted by molar-refractivity contribution is 7.94. The van der Waals surface area contributed by atoms with Crippen molar-refractivity contribution in [2.75, 3.05) is 17.3 Å². The van der Waals surface area contributed by atoms with Crippen LogP contribution in [-0.2, 0) is 19.4 Å². The van der Waals surface area contributed by atoms with E-state index in [9.17, 15) is 18.0 Å². The standard InChI is InChI=1S/C18H15ClN2O5S/c19-17-15(7-4-9-20-17)18(23)26-11-16(22)21(13-5-2-1-3-6-13)14-8-10-27(24,25)12-14/h1-10,14H,11-12H2/t14-/m1/s1. The Morgan fingerprint density at radius 1 is 1.19 bits per heavy atom. The van der Waals surface area contributed by atoms with Gasteiger partial charge in [-0.25, -0.2) is 18.2 Å². The molecule has 0 fully saturated rings. The topological polar surface area (TPSA) is 93.6 Å². The van der Waals surface area contributed by atoms with E-state index in [1.807, 2.05) is 0 Å². The average molecular weight is 407 g/mol. The van der Waals surface area contributed by atoms with Gasteiger partial charge in [-0.3, -0.25) is 4.79 Å². The Morgan fingerprint density at radius 2 is 1.93 bits per heavy atom. The number of benzene rings is 1. The first kappa shape index (κ1) is 19.1. The maximum Gasteiger partial charge on any atom is 0.341 e. The van der Waals surface area contributed by atoms with Crippen LogP contribution in [0.1, 0.15) is 10.4 Å². The van der Waals surface area contributed by atoms with Gasteiger partial charge in [0.2, 0.25) is 0 Å². The Kier molecular flexibility index (Phi) is 5.57. The van der Waals surface area contributed by atoms with E-state index in [0.717, 1.165) is 5.41 Å². The smallest absolute Gasteiger partial charge is 0.341 e. The van der Waals surface area contributed by atoms with E-state index >= 15 is 0 Å². The maximum atomic E-state index is 12.7. The first-order valence-electron chi connectivity index (χ1n) is 7.93. The van der Waals surface area contributed by atoms with E-state index in [-0.39, 0.29) is 16.5 Å². The van der Waals surface area contributed by atoms with Crippen molar-refractivity contribution in [1.29, 1.82) is 0 Å². The van der Waals surface area contributed by atoms with Crippen LogP contribution in [0.4, 0.5) is 5.69 Å². The Hall–Kier alpha value is -2.71. The third-order valence-electron chi connectivity index (χ3n) is 3.85. The summed E-state index contributed by atoms with van der Waals surface area (Å²) in [6, 6.07) is 10.9. The predicted octanol–water partition coefficient (Wildman–Crippen LogP) is 2.24. The number of hydrogen-bond acceptors (Lipinski definition) is 6. The Labute approximate surface area is 161 Å². The van der Waals surface area contributed by atoms with Gasteiger partial charge in [-0.05, 0) is 30.3 Å². The Morgan fingerprint density at radius 3 is 2.56 bits per heavy atom. The van der Waals surface area contributed by atoms with Crippen molar-refractivity contribution in [2.45, 2.75) is 6.04 Å². The van der Waals surface area contributed by atoms with E-state index in [2.05, 4.69) is 4.98 Å². The minimum absolute atomic E-state index is 0.0281. The first-order valence-corrected chi connectivity index (χ1v) is 10.0. The molecule has 0 aliphatic carbocycles. The zero-order valence-electron chi connectivity index (χ0n) is 14.0. The number of anilines is 1. The molecule has 1 aliphatic rings. The van der Waals surface area contributed by atoms with E-state index in [4.69, 9.17) is 16.3 Å². The van der Waals surface area contributed by atoms with Gasteiger partial charge in [0.05, 0.1) is 17.4 Å². The van der Waals surface area contributed by atoms with Crippen LogP contribution in [0.2, 0.25) is 5.15 Å². The minimum Gasteiger partial charge on any atom is -0.452 e. The summed E-state index contributed by atoms with van der Waals surface area (Å²) >= 11 is 5.84. The number of esters is 1. The van der Waals surface area contributed by atoms with Crippen LogP contribution < -0.4 is 4.90 Å². The predicted molar refractivity (Wildman–Crippen MR) is 100 cm³/mol. The molecule has 7 nitrogen and oxygen atoms in total. The summed E-state index contributed by atoms with van der Waals surface area (Å²) in [7, 11) is -3.37. The number of aromatic nitrogens is 1. The lowest BCUT2D eigenvalue weighted by molar-refractivity contribution is -0.121. The highest BCUT2D eigenvalue weighted by atomic mass is 35.5. The molecule has 0 saturated heterocycles. The fraction of sp³-hybridized carbons (Fsp3) is 0.167. The molecule has 2 heterocycles. The number of rotatable bonds is 5. The highest BCUT2D eigenvalue weighted by Crippen LogP contribution is 2.23. The summed E-state index contributed by atoms with van der Waals surface area (Å²) in [4.78, 5) is 29.9. The van der Waals surface area contributed by atoms with Crippen LogP contribution in [0.25, 0.3) is 0 Å². The zero-order chi connectivity index (χ0) is 19.4. The number of amides is 1. The lowest BCUT2D eigenvalue weighted by Gasteiger charge is -2.27. The largest absolute Gasteiger partial charge is 0.452 e. The molecule has 0 unspecified atom stereocenters. The van der Waals surface area contributed by atoms with Crippen LogP contribution >= 0.6 is 11.6 Å². The normalized spacial score (nSPS) is 17.4. The fourth-order valence-electron chi connectivity index (χ4n) is 2.64. The molecular weight excluding hydrogens is 392 g/mol. The molecule has 0 N–H and O–H groups in total. The van der Waals surface area contributed by atoms with Gasteiger partial charge in [0.15, 0.2) is 16.4 Å². The molecule has 1 aromatic carbocycles. The van der Waals surface area contributed by atoms with Gasteiger partial charge in [0, 0.05) is 17.3 Å². The van der Waals surface area contributed by atoms with Gasteiger partial charge in [-0.15, -0.1) is 0 Å². The van der Waals surface area contributed by atoms with Crippen LogP contribution in [-0.4, -0.2) is 43.7 Å². The first-order chi connectivity index (χ1) is 12.9. The average Bonchev–Trinajstić information content (AvgIpc) is 3.00. The van der Waals surface area contributed by atoms with Gasteiger partial charge in [0.25, 0.3) is 5.91 Å². The zero-order valence-corrected chi connectivity index (χ0v) is 15.6. The number of hydrogen-bond donors (Lipinski definition) is 0. The van der Waals surface area contributed by atoms with Crippen molar-refractivity contribution in [2.24, 2.45) is 0 Å². The lowest BCUT2D eigenvalue weighted by Crippen LogP contribution is -2.43. The van der Waals surface area contributed by atoms with Gasteiger partial charge < -0.3 is 9.64 Å². The number of pyridine rings is 1. The fourth-order valence-corrected chi connectivity index (χ4v) is 4.11. The molecule has 0 radical (unpaired) electrons. The van der Waals surface area contributed by atoms with E-state index in [1.54, 1.807) is 30.3 Å². The maximum absolute atomic E-state index is 12.7. The third-order valence-corrected chi connectivity index (χ3v) is 5.53. The van der Waals surface area contributed by atoms with Crippen molar-refractivity contribution < 1.29 is 22.7 Å². The summed E-state index contributed by atoms with van der Waals surface area (Å²) in [5.41, 5.74) is 0.547. The van der Waals surface area contributed by atoms with Gasteiger partial charge in [-0.2, -0.15) is 0 Å². The monoisotopic (exact) mass is 406 g/mol. The molecule has 1 aromatic heterocycles. The summed E-state index contributed by atoms with van der Waals surface area (Å²) in [6.45, 7) is -0.566. The Bertz CT molecular complexity index is 992. The van der Waals surface area contributed by atoms with Crippen LogP contribution in [0.5, 0.6) is 0 Å². The summed E-state index contributed by atoms with van der Waals surface area (Å²) in [5.74, 6) is -1.57. The molecule has 0 saturated carbocycles. The molecule has 1 aliphatic heterocycles. The van der Waals surface area contributed by atoms with Crippen molar-refractivity contribution in [3.63, 3.8) is 0 Å². The number of nitrogens with zero attached hydrogens (tertiary/aromatic N) is 2. The van der Waals surface area contributed by atoms with E-state index in [0.29, 0.717) is 5.69 Å². The van der Waals surface area contributed by atoms with E-state index < -0.39 is 34.4 Å². The van der Waals surface area contributed by atoms with Crippen molar-refractivity contribution in [3.8, 4) is 0 Å². The quantitative estimate of drug-likeness (QED) is 0.558. The molecule has 1 atom stereocenters. The van der Waals surface area contributed by atoms with Crippen molar-refractivity contribution in [1.82, 2.24) is 4.98 Å². The van der Waals surface area contributed by atoms with Crippen molar-refractivity contribution >= 4 is 39.0 Å². The molecule has 2 aromatic rings.